The van der Waals surface area contributed by atoms with Gasteiger partial charge in [0.1, 0.15) is 0 Å². The first-order chi connectivity index (χ1) is 10.0. The second-order valence-corrected chi connectivity index (χ2v) is 6.90. The number of unbranched alkanes of at least 4 members (excludes halogenated alkanes) is 1. The van der Waals surface area contributed by atoms with Gasteiger partial charge in [-0.15, -0.1) is 0 Å². The zero-order valence-corrected chi connectivity index (χ0v) is 13.4. The second-order valence-electron chi connectivity index (χ2n) is 6.90. The molecule has 0 aromatic carbocycles. The number of amides is 2. The smallest absolute Gasteiger partial charge is 0.320 e. The lowest BCUT2D eigenvalue weighted by Gasteiger charge is -2.31. The van der Waals surface area contributed by atoms with Crippen molar-refractivity contribution in [2.24, 2.45) is 5.41 Å². The van der Waals surface area contributed by atoms with E-state index in [1.807, 2.05) is 18.7 Å². The monoisotopic (exact) mass is 292 g/mol. The summed E-state index contributed by atoms with van der Waals surface area (Å²) in [5, 5.41) is 12.3. The maximum absolute atomic E-state index is 12.4. The summed E-state index contributed by atoms with van der Waals surface area (Å²) in [6, 6.07) is 2.99. The Kier molecular flexibility index (Phi) is 5.46. The molecule has 0 aromatic rings. The Balaban J connectivity index is 1.71. The predicted octanol–water partition coefficient (Wildman–Crippen LogP) is 2.20. The van der Waals surface area contributed by atoms with Gasteiger partial charge in [-0.1, -0.05) is 6.42 Å². The van der Waals surface area contributed by atoms with Gasteiger partial charge in [-0.3, -0.25) is 0 Å². The molecule has 0 saturated carbocycles. The van der Waals surface area contributed by atoms with Gasteiger partial charge in [0.2, 0.25) is 0 Å². The number of urea groups is 1. The molecule has 2 heterocycles. The van der Waals surface area contributed by atoms with E-state index in [4.69, 9.17) is 5.26 Å². The summed E-state index contributed by atoms with van der Waals surface area (Å²) in [6.07, 6.45) is 5.07. The molecule has 118 valence electrons. The van der Waals surface area contributed by atoms with Crippen LogP contribution in [0.3, 0.4) is 0 Å². The molecule has 0 radical (unpaired) electrons. The molecule has 0 spiro atoms. The van der Waals surface area contributed by atoms with Crippen molar-refractivity contribution in [1.82, 2.24) is 15.1 Å². The van der Waals surface area contributed by atoms with Crippen LogP contribution in [-0.4, -0.2) is 54.6 Å². The maximum Gasteiger partial charge on any atom is 0.320 e. The third kappa shape index (κ3) is 4.34. The Labute approximate surface area is 128 Å². The fourth-order valence-electron chi connectivity index (χ4n) is 3.19. The van der Waals surface area contributed by atoms with Crippen molar-refractivity contribution in [2.75, 3.05) is 32.7 Å². The van der Waals surface area contributed by atoms with Gasteiger partial charge in [-0.25, -0.2) is 4.79 Å². The standard InChI is InChI=1S/C16H28N4O/c1-16(2,13-17)7-3-4-10-19-11-12-20(15(19)21)14-5-8-18-9-6-14/h14,18H,3-12H2,1-2H3. The molecule has 21 heavy (non-hydrogen) atoms. The van der Waals surface area contributed by atoms with Gasteiger partial charge in [0, 0.05) is 25.7 Å². The summed E-state index contributed by atoms with van der Waals surface area (Å²) in [5.74, 6) is 0. The fourth-order valence-corrected chi connectivity index (χ4v) is 3.19. The van der Waals surface area contributed by atoms with Crippen molar-refractivity contribution >= 4 is 6.03 Å². The molecule has 0 bridgehead atoms. The van der Waals surface area contributed by atoms with Crippen molar-refractivity contribution in [2.45, 2.75) is 52.0 Å². The minimum Gasteiger partial charge on any atom is -0.323 e. The van der Waals surface area contributed by atoms with Crippen molar-refractivity contribution in [3.05, 3.63) is 0 Å². The lowest BCUT2D eigenvalue weighted by molar-refractivity contribution is 0.165. The van der Waals surface area contributed by atoms with E-state index in [1.165, 1.54) is 0 Å². The number of carbonyl (C=O) groups is 1. The van der Waals surface area contributed by atoms with Crippen LogP contribution in [0.25, 0.3) is 0 Å². The molecule has 0 aliphatic carbocycles. The maximum atomic E-state index is 12.4. The Morgan fingerprint density at radius 2 is 2.00 bits per heavy atom. The molecule has 0 aromatic heterocycles. The van der Waals surface area contributed by atoms with Gasteiger partial charge >= 0.3 is 6.03 Å². The van der Waals surface area contributed by atoms with E-state index in [0.29, 0.717) is 6.04 Å². The highest BCUT2D eigenvalue weighted by atomic mass is 16.2. The summed E-state index contributed by atoms with van der Waals surface area (Å²) in [6.45, 7) is 8.59. The third-order valence-electron chi connectivity index (χ3n) is 4.66. The minimum atomic E-state index is -0.240. The van der Waals surface area contributed by atoms with Gasteiger partial charge in [-0.05, 0) is 52.6 Å². The van der Waals surface area contributed by atoms with Crippen molar-refractivity contribution in [3.8, 4) is 6.07 Å². The summed E-state index contributed by atoms with van der Waals surface area (Å²) >= 11 is 0. The van der Waals surface area contributed by atoms with Crippen molar-refractivity contribution < 1.29 is 4.79 Å². The van der Waals surface area contributed by atoms with Crippen LogP contribution in [-0.2, 0) is 0 Å². The van der Waals surface area contributed by atoms with Crippen LogP contribution in [0.15, 0.2) is 0 Å². The average Bonchev–Trinajstić information content (AvgIpc) is 2.86. The molecule has 0 atom stereocenters. The molecule has 2 fully saturated rings. The van der Waals surface area contributed by atoms with E-state index >= 15 is 0 Å². The van der Waals surface area contributed by atoms with Gasteiger partial charge < -0.3 is 15.1 Å². The Hall–Kier alpha value is -1.28. The van der Waals surface area contributed by atoms with E-state index in [-0.39, 0.29) is 11.4 Å². The molecule has 0 unspecified atom stereocenters. The zero-order chi connectivity index (χ0) is 15.3. The molecule has 5 nitrogen and oxygen atoms in total. The second kappa shape index (κ2) is 7.13. The molecule has 1 N–H and O–H groups in total. The summed E-state index contributed by atoms with van der Waals surface area (Å²) < 4.78 is 0. The Morgan fingerprint density at radius 1 is 1.29 bits per heavy atom. The van der Waals surface area contributed by atoms with E-state index in [2.05, 4.69) is 16.3 Å². The molecule has 2 rings (SSSR count). The van der Waals surface area contributed by atoms with Crippen LogP contribution < -0.4 is 5.32 Å². The van der Waals surface area contributed by atoms with Gasteiger partial charge in [-0.2, -0.15) is 5.26 Å². The quantitative estimate of drug-likeness (QED) is 0.763. The van der Waals surface area contributed by atoms with Gasteiger partial charge in [0.25, 0.3) is 0 Å². The number of carbonyl (C=O) groups excluding carboxylic acids is 1. The summed E-state index contributed by atoms with van der Waals surface area (Å²) in [4.78, 5) is 16.5. The van der Waals surface area contributed by atoms with E-state index < -0.39 is 0 Å². The molecular weight excluding hydrogens is 264 g/mol. The van der Waals surface area contributed by atoms with E-state index in [1.54, 1.807) is 0 Å². The predicted molar refractivity (Wildman–Crippen MR) is 82.8 cm³/mol. The number of rotatable bonds is 6. The molecule has 2 saturated heterocycles. The molecule has 5 heteroatoms. The largest absolute Gasteiger partial charge is 0.323 e. The first-order valence-electron chi connectivity index (χ1n) is 8.21. The van der Waals surface area contributed by atoms with Crippen LogP contribution in [0.5, 0.6) is 0 Å². The average molecular weight is 292 g/mol. The number of piperidine rings is 1. The van der Waals surface area contributed by atoms with Crippen LogP contribution in [0.1, 0.15) is 46.0 Å². The Morgan fingerprint density at radius 3 is 2.67 bits per heavy atom. The van der Waals surface area contributed by atoms with Crippen molar-refractivity contribution in [3.63, 3.8) is 0 Å². The highest BCUT2D eigenvalue weighted by Gasteiger charge is 2.33. The first-order valence-corrected chi connectivity index (χ1v) is 8.21. The van der Waals surface area contributed by atoms with Crippen LogP contribution >= 0.6 is 0 Å². The molecule has 2 aliphatic heterocycles. The minimum absolute atomic E-state index is 0.224. The van der Waals surface area contributed by atoms with Gasteiger partial charge in [0.05, 0.1) is 11.5 Å². The number of nitrogens with one attached hydrogen (secondary N) is 1. The molecule has 2 aliphatic rings. The van der Waals surface area contributed by atoms with Crippen molar-refractivity contribution in [1.29, 1.82) is 5.26 Å². The van der Waals surface area contributed by atoms with Crippen LogP contribution in [0.4, 0.5) is 4.79 Å². The highest BCUT2D eigenvalue weighted by Crippen LogP contribution is 2.23. The number of hydrogen-bond donors (Lipinski definition) is 1. The highest BCUT2D eigenvalue weighted by molar-refractivity contribution is 5.76. The lowest BCUT2D eigenvalue weighted by Crippen LogP contribution is -2.45. The number of hydrogen-bond acceptors (Lipinski definition) is 3. The Bertz CT molecular complexity index is 396. The topological polar surface area (TPSA) is 59.4 Å². The normalized spacial score (nSPS) is 20.9. The van der Waals surface area contributed by atoms with Crippen LogP contribution in [0, 0.1) is 16.7 Å². The summed E-state index contributed by atoms with van der Waals surface area (Å²) in [5.41, 5.74) is -0.240. The fraction of sp³-hybridized carbons (Fsp3) is 0.875. The SMILES string of the molecule is CC(C)(C#N)CCCCN1CCN(C2CCNCC2)C1=O. The van der Waals surface area contributed by atoms with Crippen LogP contribution in [0.2, 0.25) is 0 Å². The lowest BCUT2D eigenvalue weighted by atomic mass is 9.89. The zero-order valence-electron chi connectivity index (χ0n) is 13.4. The first kappa shape index (κ1) is 16.1. The molecular formula is C16H28N4O. The number of nitriles is 1. The third-order valence-corrected chi connectivity index (χ3v) is 4.66. The summed E-state index contributed by atoms with van der Waals surface area (Å²) in [7, 11) is 0. The molecule has 2 amide bonds. The van der Waals surface area contributed by atoms with E-state index in [9.17, 15) is 4.79 Å². The van der Waals surface area contributed by atoms with E-state index in [0.717, 1.165) is 64.8 Å². The van der Waals surface area contributed by atoms with Gasteiger partial charge in [0.15, 0.2) is 0 Å². The number of nitrogens with zero attached hydrogens (tertiary/aromatic N) is 3.